The molecule has 140 valence electrons. The van der Waals surface area contributed by atoms with Crippen LogP contribution in [0.15, 0.2) is 12.1 Å². The van der Waals surface area contributed by atoms with E-state index in [4.69, 9.17) is 9.47 Å². The number of methoxy groups -OCH3 is 2. The second-order valence-corrected chi connectivity index (χ2v) is 6.21. The van der Waals surface area contributed by atoms with Crippen molar-refractivity contribution in [3.63, 3.8) is 0 Å². The van der Waals surface area contributed by atoms with Crippen LogP contribution >= 0.6 is 24.8 Å². The predicted octanol–water partition coefficient (Wildman–Crippen LogP) is 3.25. The topological polar surface area (TPSA) is 54.0 Å². The molecule has 0 bridgehead atoms. The first-order valence-corrected chi connectivity index (χ1v) is 7.96. The number of rotatable bonds is 6. The van der Waals surface area contributed by atoms with Gasteiger partial charge in [-0.25, -0.2) is 0 Å². The van der Waals surface area contributed by atoms with Gasteiger partial charge in [0, 0.05) is 32.2 Å². The number of ether oxygens (including phenoxy) is 2. The Bertz CT molecular complexity index is 470. The first-order chi connectivity index (χ1) is 10.6. The third kappa shape index (κ3) is 5.59. The minimum atomic E-state index is 0. The third-order valence-corrected chi connectivity index (χ3v) is 4.17. The Morgan fingerprint density at radius 2 is 1.58 bits per heavy atom. The normalized spacial score (nSPS) is 16.0. The number of aromatic hydroxyl groups is 1. The lowest BCUT2D eigenvalue weighted by molar-refractivity contribution is 0.153. The summed E-state index contributed by atoms with van der Waals surface area (Å²) in [6, 6.07) is 4.19. The fourth-order valence-electron chi connectivity index (χ4n) is 3.04. The van der Waals surface area contributed by atoms with Crippen LogP contribution in [0.5, 0.6) is 17.2 Å². The van der Waals surface area contributed by atoms with Crippen molar-refractivity contribution in [2.24, 2.45) is 5.92 Å². The summed E-state index contributed by atoms with van der Waals surface area (Å²) in [6.45, 7) is 8.57. The summed E-state index contributed by atoms with van der Waals surface area (Å²) in [5.74, 6) is 1.60. The summed E-state index contributed by atoms with van der Waals surface area (Å²) >= 11 is 0. The van der Waals surface area contributed by atoms with Crippen molar-refractivity contribution in [1.82, 2.24) is 10.2 Å². The number of phenolic OH excluding ortho intramolecular Hbond substituents is 1. The molecule has 1 fully saturated rings. The van der Waals surface area contributed by atoms with Crippen LogP contribution < -0.4 is 14.8 Å². The maximum Gasteiger partial charge on any atom is 0.200 e. The fourth-order valence-corrected chi connectivity index (χ4v) is 3.04. The summed E-state index contributed by atoms with van der Waals surface area (Å²) in [4.78, 5) is 2.50. The van der Waals surface area contributed by atoms with E-state index in [0.29, 0.717) is 23.5 Å². The highest BCUT2D eigenvalue weighted by atomic mass is 35.5. The van der Waals surface area contributed by atoms with Crippen molar-refractivity contribution in [2.45, 2.75) is 26.3 Å². The molecule has 0 aliphatic carbocycles. The Morgan fingerprint density at radius 3 is 2.00 bits per heavy atom. The Labute approximate surface area is 157 Å². The highest BCUT2D eigenvalue weighted by Gasteiger charge is 2.25. The van der Waals surface area contributed by atoms with Crippen LogP contribution in [0.3, 0.4) is 0 Å². The van der Waals surface area contributed by atoms with Crippen LogP contribution in [0.4, 0.5) is 0 Å². The van der Waals surface area contributed by atoms with Gasteiger partial charge in [0.1, 0.15) is 0 Å². The summed E-state index contributed by atoms with van der Waals surface area (Å²) in [5, 5.41) is 13.5. The van der Waals surface area contributed by atoms with Gasteiger partial charge in [0.25, 0.3) is 0 Å². The van der Waals surface area contributed by atoms with E-state index >= 15 is 0 Å². The minimum absolute atomic E-state index is 0. The van der Waals surface area contributed by atoms with Crippen LogP contribution in [0, 0.1) is 5.92 Å². The lowest BCUT2D eigenvalue weighted by Gasteiger charge is -2.36. The highest BCUT2D eigenvalue weighted by Crippen LogP contribution is 2.41. The first-order valence-electron chi connectivity index (χ1n) is 7.96. The van der Waals surface area contributed by atoms with E-state index < -0.39 is 0 Å². The molecule has 0 radical (unpaired) electrons. The monoisotopic (exact) mass is 380 g/mol. The molecule has 1 aliphatic rings. The maximum atomic E-state index is 10.1. The van der Waals surface area contributed by atoms with Crippen LogP contribution in [0.2, 0.25) is 0 Å². The van der Waals surface area contributed by atoms with E-state index in [0.717, 1.165) is 38.2 Å². The predicted molar refractivity (Wildman–Crippen MR) is 102 cm³/mol. The van der Waals surface area contributed by atoms with E-state index in [1.807, 2.05) is 12.1 Å². The SMILES string of the molecule is COc1cc([C@H](CC(C)C)N2CCNCC2)cc(OC)c1O.Cl.Cl. The highest BCUT2D eigenvalue weighted by molar-refractivity contribution is 5.85. The van der Waals surface area contributed by atoms with Crippen molar-refractivity contribution in [2.75, 3.05) is 40.4 Å². The van der Waals surface area contributed by atoms with Gasteiger partial charge >= 0.3 is 0 Å². The number of piperazine rings is 1. The number of nitrogens with one attached hydrogen (secondary N) is 1. The zero-order valence-corrected chi connectivity index (χ0v) is 16.5. The van der Waals surface area contributed by atoms with Crippen LogP contribution in [-0.4, -0.2) is 50.4 Å². The van der Waals surface area contributed by atoms with Crippen LogP contribution in [0.1, 0.15) is 31.9 Å². The molecule has 0 saturated carbocycles. The number of nitrogens with zero attached hydrogens (tertiary/aromatic N) is 1. The Hall–Kier alpha value is -0.880. The van der Waals surface area contributed by atoms with Gasteiger partial charge < -0.3 is 19.9 Å². The second-order valence-electron chi connectivity index (χ2n) is 6.21. The van der Waals surface area contributed by atoms with Gasteiger partial charge in [-0.3, -0.25) is 4.90 Å². The zero-order valence-electron chi connectivity index (χ0n) is 14.9. The van der Waals surface area contributed by atoms with Gasteiger partial charge in [-0.05, 0) is 30.0 Å². The molecule has 0 aromatic heterocycles. The van der Waals surface area contributed by atoms with Crippen molar-refractivity contribution in [1.29, 1.82) is 0 Å². The standard InChI is InChI=1S/C17H28N2O3.2ClH/c1-12(2)9-14(19-7-5-18-6-8-19)13-10-15(21-3)17(20)16(11-13)22-4;;/h10-12,14,18,20H,5-9H2,1-4H3;2*1H/t14-;;/m0../s1. The number of phenols is 1. The Kier molecular flexibility index (Phi) is 10.5. The molecule has 1 atom stereocenters. The average Bonchev–Trinajstić information content (AvgIpc) is 2.53. The number of benzene rings is 1. The quantitative estimate of drug-likeness (QED) is 0.792. The zero-order chi connectivity index (χ0) is 16.1. The maximum absolute atomic E-state index is 10.1. The van der Waals surface area contributed by atoms with Crippen LogP contribution in [0.25, 0.3) is 0 Å². The average molecular weight is 381 g/mol. The summed E-state index contributed by atoms with van der Waals surface area (Å²) in [7, 11) is 3.14. The molecule has 1 aromatic carbocycles. The van der Waals surface area contributed by atoms with Gasteiger partial charge in [-0.2, -0.15) is 0 Å². The van der Waals surface area contributed by atoms with Gasteiger partial charge in [0.2, 0.25) is 5.75 Å². The Morgan fingerprint density at radius 1 is 1.08 bits per heavy atom. The van der Waals surface area contributed by atoms with Crippen molar-refractivity contribution >= 4 is 24.8 Å². The summed E-state index contributed by atoms with van der Waals surface area (Å²) < 4.78 is 10.6. The van der Waals surface area contributed by atoms with Gasteiger partial charge in [-0.15, -0.1) is 24.8 Å². The van der Waals surface area contributed by atoms with Gasteiger partial charge in [-0.1, -0.05) is 13.8 Å². The summed E-state index contributed by atoms with van der Waals surface area (Å²) in [6.07, 6.45) is 1.07. The summed E-state index contributed by atoms with van der Waals surface area (Å²) in [5.41, 5.74) is 1.14. The lowest BCUT2D eigenvalue weighted by atomic mass is 9.94. The molecule has 1 aromatic rings. The number of hydrogen-bond acceptors (Lipinski definition) is 5. The first kappa shape index (κ1) is 23.1. The Balaban J connectivity index is 0.00000264. The fraction of sp³-hybridized carbons (Fsp3) is 0.647. The van der Waals surface area contributed by atoms with Crippen molar-refractivity contribution in [3.05, 3.63) is 17.7 Å². The molecule has 5 nitrogen and oxygen atoms in total. The minimum Gasteiger partial charge on any atom is -0.502 e. The van der Waals surface area contributed by atoms with Crippen molar-refractivity contribution in [3.8, 4) is 17.2 Å². The third-order valence-electron chi connectivity index (χ3n) is 4.17. The molecule has 0 spiro atoms. The molecule has 1 heterocycles. The van der Waals surface area contributed by atoms with Gasteiger partial charge in [0.05, 0.1) is 14.2 Å². The van der Waals surface area contributed by atoms with Gasteiger partial charge in [0.15, 0.2) is 11.5 Å². The number of halogens is 2. The van der Waals surface area contributed by atoms with Crippen LogP contribution in [-0.2, 0) is 0 Å². The van der Waals surface area contributed by atoms with Crippen molar-refractivity contribution < 1.29 is 14.6 Å². The van der Waals surface area contributed by atoms with E-state index in [9.17, 15) is 5.11 Å². The van der Waals surface area contributed by atoms with E-state index in [-0.39, 0.29) is 30.6 Å². The largest absolute Gasteiger partial charge is 0.502 e. The van der Waals surface area contributed by atoms with E-state index in [1.54, 1.807) is 14.2 Å². The molecule has 2 rings (SSSR count). The second kappa shape index (κ2) is 10.9. The molecular weight excluding hydrogens is 351 g/mol. The molecular formula is C17H30Cl2N2O3. The molecule has 24 heavy (non-hydrogen) atoms. The molecule has 0 amide bonds. The molecule has 7 heteroatoms. The molecule has 2 N–H and O–H groups in total. The molecule has 0 unspecified atom stereocenters. The van der Waals surface area contributed by atoms with E-state index in [2.05, 4.69) is 24.1 Å². The smallest absolute Gasteiger partial charge is 0.200 e. The number of hydrogen-bond donors (Lipinski definition) is 2. The lowest BCUT2D eigenvalue weighted by Crippen LogP contribution is -2.45. The van der Waals surface area contributed by atoms with E-state index in [1.165, 1.54) is 0 Å². The molecule has 1 aliphatic heterocycles. The molecule has 1 saturated heterocycles.